The Hall–Kier alpha value is -2.73. The number of phenolic OH excluding ortho intramolecular Hbond substituents is 1. The summed E-state index contributed by atoms with van der Waals surface area (Å²) in [6, 6.07) is 14.3. The number of anilines is 2. The zero-order valence-corrected chi connectivity index (χ0v) is 16.2. The molecule has 2 heterocycles. The molecule has 146 valence electrons. The number of carbonyl (C=O) groups is 2. The first-order valence-electron chi connectivity index (χ1n) is 9.40. The molecule has 0 saturated carbocycles. The van der Waals surface area contributed by atoms with Gasteiger partial charge in [0.1, 0.15) is 5.75 Å². The summed E-state index contributed by atoms with van der Waals surface area (Å²) in [5, 5.41) is 10.6. The number of rotatable bonds is 3. The molecule has 0 unspecified atom stereocenters. The van der Waals surface area contributed by atoms with E-state index in [1.165, 1.54) is 0 Å². The number of hydrogen-bond acceptors (Lipinski definition) is 4. The topological polar surface area (TPSA) is 64.1 Å². The van der Waals surface area contributed by atoms with Crippen LogP contribution in [0, 0.1) is 5.92 Å². The van der Waals surface area contributed by atoms with E-state index in [1.807, 2.05) is 17.0 Å². The van der Waals surface area contributed by atoms with E-state index >= 15 is 0 Å². The van der Waals surface area contributed by atoms with Crippen LogP contribution in [-0.4, -0.2) is 54.5 Å². The third-order valence-corrected chi connectivity index (χ3v) is 5.68. The fourth-order valence-electron chi connectivity index (χ4n) is 3.90. The van der Waals surface area contributed by atoms with Gasteiger partial charge in [0, 0.05) is 49.9 Å². The van der Waals surface area contributed by atoms with E-state index in [9.17, 15) is 14.7 Å². The number of phenols is 1. The standard InChI is InChI=1S/C21H22ClN3O3/c22-16-5-7-17(8-6-16)25-14-15(13-20(25)27)21(28)24-11-9-23(10-12-24)18-3-1-2-4-19(18)26/h1-8,15,26H,9-14H2/t15-/m0/s1. The van der Waals surface area contributed by atoms with Gasteiger partial charge in [-0.05, 0) is 36.4 Å². The van der Waals surface area contributed by atoms with Gasteiger partial charge in [0.15, 0.2) is 0 Å². The Balaban J connectivity index is 1.37. The molecule has 0 radical (unpaired) electrons. The first-order valence-corrected chi connectivity index (χ1v) is 9.78. The molecule has 6 nitrogen and oxygen atoms in total. The third kappa shape index (κ3) is 3.64. The summed E-state index contributed by atoms with van der Waals surface area (Å²) in [4.78, 5) is 30.9. The first kappa shape index (κ1) is 18.6. The Morgan fingerprint density at radius 2 is 1.68 bits per heavy atom. The van der Waals surface area contributed by atoms with Crippen LogP contribution in [0.25, 0.3) is 0 Å². The molecule has 2 aromatic rings. The minimum absolute atomic E-state index is 0.0294. The lowest BCUT2D eigenvalue weighted by Crippen LogP contribution is -2.50. The van der Waals surface area contributed by atoms with Gasteiger partial charge in [-0.15, -0.1) is 0 Å². The van der Waals surface area contributed by atoms with Gasteiger partial charge >= 0.3 is 0 Å². The Kier molecular flexibility index (Phi) is 5.13. The molecule has 2 aromatic carbocycles. The lowest BCUT2D eigenvalue weighted by molar-refractivity contribution is -0.136. The second-order valence-corrected chi connectivity index (χ2v) is 7.62. The van der Waals surface area contributed by atoms with Gasteiger partial charge < -0.3 is 19.8 Å². The SMILES string of the molecule is O=C([C@H]1CC(=O)N(c2ccc(Cl)cc2)C1)N1CCN(c2ccccc2O)CC1. The van der Waals surface area contributed by atoms with E-state index in [-0.39, 0.29) is 29.9 Å². The molecule has 2 aliphatic heterocycles. The van der Waals surface area contributed by atoms with Gasteiger partial charge in [-0.3, -0.25) is 9.59 Å². The van der Waals surface area contributed by atoms with E-state index < -0.39 is 0 Å². The second-order valence-electron chi connectivity index (χ2n) is 7.18. The summed E-state index contributed by atoms with van der Waals surface area (Å²) in [5.41, 5.74) is 1.56. The molecular formula is C21H22ClN3O3. The van der Waals surface area contributed by atoms with Gasteiger partial charge in [0.05, 0.1) is 11.6 Å². The molecule has 0 spiro atoms. The van der Waals surface area contributed by atoms with Crippen LogP contribution in [0.3, 0.4) is 0 Å². The number of piperazine rings is 1. The van der Waals surface area contributed by atoms with Crippen LogP contribution >= 0.6 is 11.6 Å². The van der Waals surface area contributed by atoms with Crippen molar-refractivity contribution in [2.45, 2.75) is 6.42 Å². The molecule has 2 amide bonds. The van der Waals surface area contributed by atoms with Crippen molar-refractivity contribution in [1.82, 2.24) is 4.90 Å². The lowest BCUT2D eigenvalue weighted by atomic mass is 10.1. The van der Waals surface area contributed by atoms with E-state index in [1.54, 1.807) is 41.3 Å². The maximum Gasteiger partial charge on any atom is 0.228 e. The Bertz CT molecular complexity index is 879. The number of nitrogens with zero attached hydrogens (tertiary/aromatic N) is 3. The molecule has 2 saturated heterocycles. The van der Waals surface area contributed by atoms with Crippen LogP contribution in [0.4, 0.5) is 11.4 Å². The molecule has 28 heavy (non-hydrogen) atoms. The van der Waals surface area contributed by atoms with Crippen molar-refractivity contribution >= 4 is 34.8 Å². The van der Waals surface area contributed by atoms with Crippen molar-refractivity contribution in [3.05, 3.63) is 53.6 Å². The molecular weight excluding hydrogens is 378 g/mol. The summed E-state index contributed by atoms with van der Waals surface area (Å²) in [6.07, 6.45) is 0.237. The average Bonchev–Trinajstić information content (AvgIpc) is 3.10. The van der Waals surface area contributed by atoms with Crippen LogP contribution in [0.5, 0.6) is 5.75 Å². The van der Waals surface area contributed by atoms with E-state index in [0.29, 0.717) is 37.7 Å². The van der Waals surface area contributed by atoms with Crippen molar-refractivity contribution in [2.75, 3.05) is 42.5 Å². The number of benzene rings is 2. The number of amides is 2. The Labute approximate surface area is 168 Å². The normalized spacial score (nSPS) is 20.0. The van der Waals surface area contributed by atoms with Crippen molar-refractivity contribution in [1.29, 1.82) is 0 Å². The van der Waals surface area contributed by atoms with Crippen LogP contribution in [-0.2, 0) is 9.59 Å². The third-order valence-electron chi connectivity index (χ3n) is 5.43. The van der Waals surface area contributed by atoms with Crippen LogP contribution in [0.2, 0.25) is 5.02 Å². The fourth-order valence-corrected chi connectivity index (χ4v) is 4.03. The maximum atomic E-state index is 12.9. The summed E-state index contributed by atoms with van der Waals surface area (Å²) in [5.74, 6) is -0.0719. The smallest absolute Gasteiger partial charge is 0.228 e. The number of para-hydroxylation sites is 2. The summed E-state index contributed by atoms with van der Waals surface area (Å²) < 4.78 is 0. The van der Waals surface area contributed by atoms with Crippen LogP contribution < -0.4 is 9.80 Å². The number of hydrogen-bond donors (Lipinski definition) is 1. The second kappa shape index (κ2) is 7.72. The molecule has 2 fully saturated rings. The quantitative estimate of drug-likeness (QED) is 0.862. The van der Waals surface area contributed by atoms with Crippen molar-refractivity contribution in [2.24, 2.45) is 5.92 Å². The number of halogens is 1. The Morgan fingerprint density at radius 3 is 2.36 bits per heavy atom. The Morgan fingerprint density at radius 1 is 1.00 bits per heavy atom. The van der Waals surface area contributed by atoms with Gasteiger partial charge in [-0.25, -0.2) is 0 Å². The lowest BCUT2D eigenvalue weighted by Gasteiger charge is -2.37. The van der Waals surface area contributed by atoms with Gasteiger partial charge in [0.25, 0.3) is 0 Å². The highest BCUT2D eigenvalue weighted by Crippen LogP contribution is 2.29. The van der Waals surface area contributed by atoms with Gasteiger partial charge in [-0.2, -0.15) is 0 Å². The molecule has 4 rings (SSSR count). The molecule has 0 aliphatic carbocycles. The predicted octanol–water partition coefficient (Wildman–Crippen LogP) is 2.75. The summed E-state index contributed by atoms with van der Waals surface area (Å²) in [7, 11) is 0. The zero-order valence-electron chi connectivity index (χ0n) is 15.4. The molecule has 1 N–H and O–H groups in total. The van der Waals surface area contributed by atoms with Gasteiger partial charge in [-0.1, -0.05) is 23.7 Å². The monoisotopic (exact) mass is 399 g/mol. The largest absolute Gasteiger partial charge is 0.506 e. The minimum atomic E-state index is -0.320. The van der Waals surface area contributed by atoms with Crippen molar-refractivity contribution < 1.29 is 14.7 Å². The minimum Gasteiger partial charge on any atom is -0.506 e. The van der Waals surface area contributed by atoms with E-state index in [4.69, 9.17) is 11.6 Å². The fraction of sp³-hybridized carbons (Fsp3) is 0.333. The molecule has 0 bridgehead atoms. The summed E-state index contributed by atoms with van der Waals surface area (Å²) in [6.45, 7) is 2.88. The highest BCUT2D eigenvalue weighted by atomic mass is 35.5. The highest BCUT2D eigenvalue weighted by molar-refractivity contribution is 6.30. The summed E-state index contributed by atoms with van der Waals surface area (Å²) >= 11 is 5.92. The highest BCUT2D eigenvalue weighted by Gasteiger charge is 2.38. The molecule has 1 atom stereocenters. The molecule has 0 aromatic heterocycles. The number of aromatic hydroxyl groups is 1. The molecule has 7 heteroatoms. The van der Waals surface area contributed by atoms with Crippen LogP contribution in [0.1, 0.15) is 6.42 Å². The predicted molar refractivity (Wildman–Crippen MR) is 109 cm³/mol. The van der Waals surface area contributed by atoms with Gasteiger partial charge in [0.2, 0.25) is 11.8 Å². The average molecular weight is 400 g/mol. The van der Waals surface area contributed by atoms with E-state index in [0.717, 1.165) is 11.4 Å². The zero-order chi connectivity index (χ0) is 19.7. The maximum absolute atomic E-state index is 12.9. The first-order chi connectivity index (χ1) is 13.5. The van der Waals surface area contributed by atoms with Crippen molar-refractivity contribution in [3.63, 3.8) is 0 Å². The molecule has 2 aliphatic rings. The van der Waals surface area contributed by atoms with Crippen molar-refractivity contribution in [3.8, 4) is 5.75 Å². The number of carbonyl (C=O) groups excluding carboxylic acids is 2. The van der Waals surface area contributed by atoms with E-state index in [2.05, 4.69) is 4.90 Å². The van der Waals surface area contributed by atoms with Crippen LogP contribution in [0.15, 0.2) is 48.5 Å².